The van der Waals surface area contributed by atoms with Gasteiger partial charge in [0.2, 0.25) is 0 Å². The molecule has 2 aromatic rings. The van der Waals surface area contributed by atoms with Crippen molar-refractivity contribution in [2.45, 2.75) is 6.92 Å². The molecule has 0 aliphatic carbocycles. The molecule has 112 valence electrons. The number of amides is 1. The molecule has 0 bridgehead atoms. The van der Waals surface area contributed by atoms with Gasteiger partial charge >= 0.3 is 0 Å². The summed E-state index contributed by atoms with van der Waals surface area (Å²) in [6, 6.07) is 14.0. The summed E-state index contributed by atoms with van der Waals surface area (Å²) in [7, 11) is 0. The van der Waals surface area contributed by atoms with Crippen molar-refractivity contribution >= 4 is 23.2 Å². The van der Waals surface area contributed by atoms with Gasteiger partial charge in [0.1, 0.15) is 6.54 Å². The van der Waals surface area contributed by atoms with Crippen molar-refractivity contribution in [3.8, 4) is 0 Å². The molecule has 0 aliphatic heterocycles. The second-order valence-electron chi connectivity index (χ2n) is 4.61. The molecule has 2 rings (SSSR count). The summed E-state index contributed by atoms with van der Waals surface area (Å²) in [4.78, 5) is 22.7. The van der Waals surface area contributed by atoms with Gasteiger partial charge in [-0.05, 0) is 30.7 Å². The van der Waals surface area contributed by atoms with E-state index in [1.54, 1.807) is 36.4 Å². The van der Waals surface area contributed by atoms with Crippen molar-refractivity contribution in [1.29, 1.82) is 0 Å². The zero-order valence-corrected chi connectivity index (χ0v) is 12.7. The van der Waals surface area contributed by atoms with E-state index in [0.29, 0.717) is 21.9 Å². The van der Waals surface area contributed by atoms with E-state index in [-0.39, 0.29) is 12.5 Å². The maximum Gasteiger partial charge on any atom is 0.271 e. The molecule has 0 atom stereocenters. The van der Waals surface area contributed by atoms with E-state index in [0.717, 1.165) is 5.56 Å². The molecule has 5 nitrogen and oxygen atoms in total. The highest BCUT2D eigenvalue weighted by Crippen LogP contribution is 2.12. The van der Waals surface area contributed by atoms with Gasteiger partial charge in [-0.2, -0.15) is 10.0 Å². The molecule has 1 N–H and O–H groups in total. The zero-order chi connectivity index (χ0) is 15.9. The van der Waals surface area contributed by atoms with Crippen LogP contribution >= 0.6 is 11.6 Å². The molecule has 0 unspecified atom stereocenters. The summed E-state index contributed by atoms with van der Waals surface area (Å²) in [5.41, 5.74) is 4.80. The van der Waals surface area contributed by atoms with Crippen LogP contribution in [0, 0.1) is 11.8 Å². The lowest BCUT2D eigenvalue weighted by atomic mass is 10.1. The lowest BCUT2D eigenvalue weighted by molar-refractivity contribution is 0.0954. The van der Waals surface area contributed by atoms with Gasteiger partial charge in [0.05, 0.1) is 5.71 Å². The minimum atomic E-state index is -0.344. The Morgan fingerprint density at radius 1 is 1.18 bits per heavy atom. The normalized spacial score (nSPS) is 11.1. The van der Waals surface area contributed by atoms with Crippen LogP contribution in [0.5, 0.6) is 0 Å². The SMILES string of the molecule is Cc1ccccc1C(=O)NN=C(CN=O)c1cccc(Cl)c1. The van der Waals surface area contributed by atoms with Crippen LogP contribution < -0.4 is 5.43 Å². The number of hydrogen-bond donors (Lipinski definition) is 1. The van der Waals surface area contributed by atoms with Crippen molar-refractivity contribution in [1.82, 2.24) is 5.43 Å². The van der Waals surface area contributed by atoms with Gasteiger partial charge in [0.25, 0.3) is 5.91 Å². The number of carbonyl (C=O) groups is 1. The molecular weight excluding hydrogens is 302 g/mol. The number of nitrogens with zero attached hydrogens (tertiary/aromatic N) is 2. The Balaban J connectivity index is 2.22. The molecule has 0 aliphatic rings. The average molecular weight is 316 g/mol. The first-order valence-corrected chi connectivity index (χ1v) is 6.97. The van der Waals surface area contributed by atoms with Crippen LogP contribution in [0.4, 0.5) is 0 Å². The van der Waals surface area contributed by atoms with E-state index in [4.69, 9.17) is 11.6 Å². The number of benzene rings is 2. The zero-order valence-electron chi connectivity index (χ0n) is 11.9. The number of nitrogens with one attached hydrogen (secondary N) is 1. The third-order valence-electron chi connectivity index (χ3n) is 3.05. The largest absolute Gasteiger partial charge is 0.271 e. The van der Waals surface area contributed by atoms with E-state index >= 15 is 0 Å². The molecule has 22 heavy (non-hydrogen) atoms. The van der Waals surface area contributed by atoms with Crippen LogP contribution in [0.15, 0.2) is 58.8 Å². The summed E-state index contributed by atoms with van der Waals surface area (Å²) >= 11 is 5.92. The Morgan fingerprint density at radius 2 is 1.95 bits per heavy atom. The number of carbonyl (C=O) groups excluding carboxylic acids is 1. The maximum absolute atomic E-state index is 12.1. The predicted octanol–water partition coefficient (Wildman–Crippen LogP) is 3.55. The third-order valence-corrected chi connectivity index (χ3v) is 3.29. The van der Waals surface area contributed by atoms with Crippen molar-refractivity contribution in [3.63, 3.8) is 0 Å². The first-order chi connectivity index (χ1) is 10.6. The Hall–Kier alpha value is -2.53. The quantitative estimate of drug-likeness (QED) is 0.520. The molecule has 0 radical (unpaired) electrons. The summed E-state index contributed by atoms with van der Waals surface area (Å²) in [5, 5.41) is 7.36. The minimum Gasteiger partial charge on any atom is -0.267 e. The van der Waals surface area contributed by atoms with Gasteiger partial charge in [0.15, 0.2) is 0 Å². The summed E-state index contributed by atoms with van der Waals surface area (Å²) in [6.45, 7) is 1.68. The second-order valence-corrected chi connectivity index (χ2v) is 5.05. The van der Waals surface area contributed by atoms with Gasteiger partial charge in [-0.25, -0.2) is 5.43 Å². The Bertz CT molecular complexity index is 729. The molecule has 0 spiro atoms. The van der Waals surface area contributed by atoms with Crippen LogP contribution in [0.2, 0.25) is 5.02 Å². The number of rotatable bonds is 5. The summed E-state index contributed by atoms with van der Waals surface area (Å²) in [6.07, 6.45) is 0. The van der Waals surface area contributed by atoms with Crippen LogP contribution in [0.1, 0.15) is 21.5 Å². The molecule has 0 aromatic heterocycles. The number of aryl methyl sites for hydroxylation is 1. The maximum atomic E-state index is 12.1. The van der Waals surface area contributed by atoms with Crippen molar-refractivity contribution in [2.75, 3.05) is 6.54 Å². The average Bonchev–Trinajstić information content (AvgIpc) is 2.51. The van der Waals surface area contributed by atoms with Crippen LogP contribution in [0.3, 0.4) is 0 Å². The van der Waals surface area contributed by atoms with E-state index in [2.05, 4.69) is 15.7 Å². The first kappa shape index (κ1) is 15.9. The monoisotopic (exact) mass is 315 g/mol. The van der Waals surface area contributed by atoms with Crippen molar-refractivity contribution in [2.24, 2.45) is 10.3 Å². The first-order valence-electron chi connectivity index (χ1n) is 6.59. The molecule has 0 saturated heterocycles. The van der Waals surface area contributed by atoms with Crippen molar-refractivity contribution < 1.29 is 4.79 Å². The van der Waals surface area contributed by atoms with Gasteiger partial charge < -0.3 is 0 Å². The smallest absolute Gasteiger partial charge is 0.267 e. The van der Waals surface area contributed by atoms with Gasteiger partial charge in [-0.15, -0.1) is 0 Å². The van der Waals surface area contributed by atoms with Gasteiger partial charge in [0, 0.05) is 16.1 Å². The predicted molar refractivity (Wildman–Crippen MR) is 87.3 cm³/mol. The highest BCUT2D eigenvalue weighted by atomic mass is 35.5. The van der Waals surface area contributed by atoms with Gasteiger partial charge in [-0.3, -0.25) is 4.79 Å². The fourth-order valence-electron chi connectivity index (χ4n) is 1.93. The third kappa shape index (κ3) is 3.99. The fraction of sp³-hybridized carbons (Fsp3) is 0.125. The van der Waals surface area contributed by atoms with E-state index in [1.807, 2.05) is 19.1 Å². The summed E-state index contributed by atoms with van der Waals surface area (Å²) in [5.74, 6) is -0.344. The standard InChI is InChI=1S/C16H14ClN3O2/c1-11-5-2-3-8-14(11)16(21)20-19-15(10-18-22)12-6-4-7-13(17)9-12/h2-9H,10H2,1H3,(H,20,21). The number of halogens is 1. The number of hydrogen-bond acceptors (Lipinski definition) is 4. The van der Waals surface area contributed by atoms with Gasteiger partial charge in [-0.1, -0.05) is 47.1 Å². The lowest BCUT2D eigenvalue weighted by Gasteiger charge is -2.06. The van der Waals surface area contributed by atoms with Crippen molar-refractivity contribution in [3.05, 3.63) is 75.2 Å². The number of nitroso groups, excluding NO2 is 1. The fourth-order valence-corrected chi connectivity index (χ4v) is 2.12. The topological polar surface area (TPSA) is 70.9 Å². The molecule has 2 aromatic carbocycles. The molecular formula is C16H14ClN3O2. The molecule has 0 heterocycles. The second kappa shape index (κ2) is 7.47. The molecule has 0 fully saturated rings. The Kier molecular flexibility index (Phi) is 5.38. The van der Waals surface area contributed by atoms with E-state index < -0.39 is 0 Å². The minimum absolute atomic E-state index is 0.158. The highest BCUT2D eigenvalue weighted by Gasteiger charge is 2.09. The summed E-state index contributed by atoms with van der Waals surface area (Å²) < 4.78 is 0. The highest BCUT2D eigenvalue weighted by molar-refractivity contribution is 6.31. The van der Waals surface area contributed by atoms with Crippen LogP contribution in [0.25, 0.3) is 0 Å². The molecule has 1 amide bonds. The van der Waals surface area contributed by atoms with E-state index in [1.165, 1.54) is 0 Å². The van der Waals surface area contributed by atoms with Crippen LogP contribution in [-0.2, 0) is 0 Å². The Morgan fingerprint density at radius 3 is 2.64 bits per heavy atom. The molecule has 0 saturated carbocycles. The van der Waals surface area contributed by atoms with E-state index in [9.17, 15) is 9.70 Å². The lowest BCUT2D eigenvalue weighted by Crippen LogP contribution is -2.22. The van der Waals surface area contributed by atoms with Crippen LogP contribution in [-0.4, -0.2) is 18.2 Å². The number of hydrazone groups is 1. The Labute approximate surface area is 133 Å². The molecule has 6 heteroatoms.